The molecule has 1 aromatic rings. The van der Waals surface area contributed by atoms with Gasteiger partial charge in [-0.1, -0.05) is 13.0 Å². The van der Waals surface area contributed by atoms with Crippen LogP contribution in [0.25, 0.3) is 0 Å². The molecule has 0 unspecified atom stereocenters. The molecule has 0 aliphatic carbocycles. The summed E-state index contributed by atoms with van der Waals surface area (Å²) in [5.74, 6) is 0.864. The van der Waals surface area contributed by atoms with Gasteiger partial charge in [0.05, 0.1) is 6.42 Å². The highest BCUT2D eigenvalue weighted by Crippen LogP contribution is 2.49. The molecule has 22 heavy (non-hydrogen) atoms. The molecule has 2 amide bonds. The smallest absolute Gasteiger partial charge is 0.253 e. The Hall–Kier alpha value is -1.27. The van der Waals surface area contributed by atoms with E-state index in [9.17, 15) is 9.59 Å². The topological polar surface area (TPSA) is 49.4 Å². The Morgan fingerprint density at radius 2 is 2.32 bits per heavy atom. The van der Waals surface area contributed by atoms with Crippen LogP contribution >= 0.6 is 23.1 Å². The van der Waals surface area contributed by atoms with Gasteiger partial charge in [-0.25, -0.2) is 0 Å². The number of thioether (sulfide) groups is 1. The van der Waals surface area contributed by atoms with E-state index in [-0.39, 0.29) is 16.7 Å². The number of hydrogen-bond donors (Lipinski definition) is 1. The molecule has 1 fully saturated rings. The molecular formula is C16H20N2O2S2. The first kappa shape index (κ1) is 15.6. The van der Waals surface area contributed by atoms with Gasteiger partial charge in [-0.3, -0.25) is 14.5 Å². The van der Waals surface area contributed by atoms with E-state index < -0.39 is 6.04 Å². The third-order valence-corrected chi connectivity index (χ3v) is 6.85. The summed E-state index contributed by atoms with van der Waals surface area (Å²) >= 11 is 3.31. The predicted octanol–water partition coefficient (Wildman–Crippen LogP) is 2.76. The summed E-state index contributed by atoms with van der Waals surface area (Å²) in [7, 11) is 0. The van der Waals surface area contributed by atoms with Crippen molar-refractivity contribution in [1.29, 1.82) is 0 Å². The summed E-state index contributed by atoms with van der Waals surface area (Å²) < 4.78 is 0. The minimum atomic E-state index is -0.418. The molecule has 1 aromatic heterocycles. The standard InChI is InChI=1S/C16H20N2O2S2/c1-4-11-9-22-16(3)14(15(20)18(16)10(11)2)17-13(19)8-12-6-5-7-21-12/h5-7,14H,4,8-9H2,1-3H3,(H,17,19)/t14-,16-/m1/s1. The molecule has 0 saturated carbocycles. The lowest BCUT2D eigenvalue weighted by Gasteiger charge is -2.58. The van der Waals surface area contributed by atoms with Crippen LogP contribution < -0.4 is 5.32 Å². The quantitative estimate of drug-likeness (QED) is 0.860. The van der Waals surface area contributed by atoms with Crippen LogP contribution in [0.3, 0.4) is 0 Å². The number of nitrogens with one attached hydrogen (secondary N) is 1. The molecule has 0 radical (unpaired) electrons. The van der Waals surface area contributed by atoms with Crippen molar-refractivity contribution in [2.45, 2.75) is 44.5 Å². The van der Waals surface area contributed by atoms with Crippen LogP contribution in [0.1, 0.15) is 32.1 Å². The van der Waals surface area contributed by atoms with Crippen LogP contribution in [0.2, 0.25) is 0 Å². The number of hydrogen-bond acceptors (Lipinski definition) is 4. The van der Waals surface area contributed by atoms with Crippen molar-refractivity contribution < 1.29 is 9.59 Å². The van der Waals surface area contributed by atoms with Crippen LogP contribution in [0.5, 0.6) is 0 Å². The van der Waals surface area contributed by atoms with E-state index in [0.717, 1.165) is 22.7 Å². The molecule has 2 aliphatic heterocycles. The van der Waals surface area contributed by atoms with Crippen LogP contribution in [-0.4, -0.2) is 33.4 Å². The number of carbonyl (C=O) groups is 2. The fraction of sp³-hybridized carbons (Fsp3) is 0.500. The largest absolute Gasteiger partial charge is 0.341 e. The fourth-order valence-electron chi connectivity index (χ4n) is 3.12. The summed E-state index contributed by atoms with van der Waals surface area (Å²) in [5, 5.41) is 4.89. The molecule has 2 atom stereocenters. The van der Waals surface area contributed by atoms with Crippen molar-refractivity contribution in [3.8, 4) is 0 Å². The van der Waals surface area contributed by atoms with Crippen molar-refractivity contribution in [3.63, 3.8) is 0 Å². The molecule has 3 heterocycles. The summed E-state index contributed by atoms with van der Waals surface area (Å²) in [6.07, 6.45) is 1.31. The van der Waals surface area contributed by atoms with Gasteiger partial charge in [0.2, 0.25) is 5.91 Å². The monoisotopic (exact) mass is 336 g/mol. The number of carbonyl (C=O) groups excluding carboxylic acids is 2. The fourth-order valence-corrected chi connectivity index (χ4v) is 5.38. The van der Waals surface area contributed by atoms with E-state index in [1.807, 2.05) is 36.3 Å². The number of amides is 2. The molecular weight excluding hydrogens is 316 g/mol. The average Bonchev–Trinajstić information content (AvgIpc) is 2.98. The number of rotatable bonds is 4. The molecule has 0 bridgehead atoms. The third-order valence-electron chi connectivity index (χ3n) is 4.48. The summed E-state index contributed by atoms with van der Waals surface area (Å²) in [5.41, 5.74) is 2.39. The van der Waals surface area contributed by atoms with E-state index in [0.29, 0.717) is 6.42 Å². The number of nitrogens with zero attached hydrogens (tertiary/aromatic N) is 1. The molecule has 1 N–H and O–H groups in total. The highest BCUT2D eigenvalue weighted by atomic mass is 32.2. The van der Waals surface area contributed by atoms with Gasteiger partial charge in [0.1, 0.15) is 10.9 Å². The van der Waals surface area contributed by atoms with Gasteiger partial charge >= 0.3 is 0 Å². The van der Waals surface area contributed by atoms with E-state index in [2.05, 4.69) is 12.2 Å². The second-order valence-electron chi connectivity index (χ2n) is 5.82. The highest BCUT2D eigenvalue weighted by molar-refractivity contribution is 8.01. The second-order valence-corrected chi connectivity index (χ2v) is 8.25. The number of fused-ring (bicyclic) bond motifs is 1. The summed E-state index contributed by atoms with van der Waals surface area (Å²) in [4.78, 5) is 27.2. The zero-order valence-corrected chi connectivity index (χ0v) is 14.6. The Bertz CT molecular complexity index is 639. The summed E-state index contributed by atoms with van der Waals surface area (Å²) in [6, 6.07) is 3.46. The van der Waals surface area contributed by atoms with Crippen LogP contribution in [0.15, 0.2) is 28.8 Å². The van der Waals surface area contributed by atoms with E-state index in [1.165, 1.54) is 5.57 Å². The van der Waals surface area contributed by atoms with Gasteiger partial charge in [0, 0.05) is 16.3 Å². The molecule has 0 spiro atoms. The average molecular weight is 336 g/mol. The van der Waals surface area contributed by atoms with Gasteiger partial charge in [0.25, 0.3) is 5.91 Å². The lowest BCUT2D eigenvalue weighted by molar-refractivity contribution is -0.152. The van der Waals surface area contributed by atoms with Gasteiger partial charge in [-0.2, -0.15) is 0 Å². The predicted molar refractivity (Wildman–Crippen MR) is 90.7 cm³/mol. The molecule has 2 aliphatic rings. The minimum Gasteiger partial charge on any atom is -0.341 e. The zero-order valence-electron chi connectivity index (χ0n) is 13.0. The first-order chi connectivity index (χ1) is 10.5. The first-order valence-corrected chi connectivity index (χ1v) is 9.32. The number of β-lactam (4-membered cyclic amide) rings is 1. The van der Waals surface area contributed by atoms with Crippen molar-refractivity contribution in [1.82, 2.24) is 10.2 Å². The van der Waals surface area contributed by atoms with Crippen molar-refractivity contribution in [3.05, 3.63) is 33.7 Å². The Labute approximate surface area is 139 Å². The van der Waals surface area contributed by atoms with Gasteiger partial charge < -0.3 is 5.32 Å². The van der Waals surface area contributed by atoms with Crippen LogP contribution in [0.4, 0.5) is 0 Å². The van der Waals surface area contributed by atoms with E-state index >= 15 is 0 Å². The molecule has 4 nitrogen and oxygen atoms in total. The number of thiophene rings is 1. The number of allylic oxidation sites excluding steroid dienone is 1. The Morgan fingerprint density at radius 1 is 1.55 bits per heavy atom. The van der Waals surface area contributed by atoms with E-state index in [4.69, 9.17) is 0 Å². The van der Waals surface area contributed by atoms with Crippen LogP contribution in [-0.2, 0) is 16.0 Å². The summed E-state index contributed by atoms with van der Waals surface area (Å²) in [6.45, 7) is 6.18. The Kier molecular flexibility index (Phi) is 4.07. The van der Waals surface area contributed by atoms with Gasteiger partial charge in [0.15, 0.2) is 0 Å². The molecule has 6 heteroatoms. The van der Waals surface area contributed by atoms with Crippen LogP contribution in [0, 0.1) is 0 Å². The second kappa shape index (κ2) is 5.74. The minimum absolute atomic E-state index is 0.0117. The van der Waals surface area contributed by atoms with Gasteiger partial charge in [-0.05, 0) is 37.3 Å². The molecule has 0 aromatic carbocycles. The van der Waals surface area contributed by atoms with Gasteiger partial charge in [-0.15, -0.1) is 23.1 Å². The third kappa shape index (κ3) is 2.38. The van der Waals surface area contributed by atoms with Crippen molar-refractivity contribution in [2.24, 2.45) is 0 Å². The molecule has 118 valence electrons. The maximum Gasteiger partial charge on any atom is 0.253 e. The zero-order chi connectivity index (χ0) is 15.9. The lowest BCUT2D eigenvalue weighted by Crippen LogP contribution is -2.76. The first-order valence-electron chi connectivity index (χ1n) is 7.45. The normalized spacial score (nSPS) is 27.5. The van der Waals surface area contributed by atoms with E-state index in [1.54, 1.807) is 23.1 Å². The lowest BCUT2D eigenvalue weighted by atomic mass is 9.92. The maximum absolute atomic E-state index is 12.5. The maximum atomic E-state index is 12.5. The Balaban J connectivity index is 1.71. The Morgan fingerprint density at radius 3 is 2.95 bits per heavy atom. The molecule has 3 rings (SSSR count). The van der Waals surface area contributed by atoms with Crippen molar-refractivity contribution in [2.75, 3.05) is 5.75 Å². The SMILES string of the molecule is CCC1=C(C)N2C(=O)[C@@H](NC(=O)Cc3cccs3)[C@@]2(C)SC1. The van der Waals surface area contributed by atoms with Crippen molar-refractivity contribution >= 4 is 34.9 Å². The highest BCUT2D eigenvalue weighted by Gasteiger charge is 2.60. The molecule has 1 saturated heterocycles.